The summed E-state index contributed by atoms with van der Waals surface area (Å²) in [7, 11) is 0. The van der Waals surface area contributed by atoms with Gasteiger partial charge in [-0.15, -0.1) is 11.3 Å². The number of nitrogens with zero attached hydrogens (tertiary/aromatic N) is 2. The van der Waals surface area contributed by atoms with Crippen LogP contribution in [0.3, 0.4) is 0 Å². The average Bonchev–Trinajstić information content (AvgIpc) is 3.30. The van der Waals surface area contributed by atoms with Crippen molar-refractivity contribution in [3.63, 3.8) is 0 Å². The van der Waals surface area contributed by atoms with Gasteiger partial charge >= 0.3 is 0 Å². The molecule has 0 saturated heterocycles. The van der Waals surface area contributed by atoms with Crippen LogP contribution in [0.15, 0.2) is 48.0 Å². The SMILES string of the molecule is Nc1nc(C(=O)Nc2cc(-c3cccc4c3C=CCCN4)cc3[nH]ncc23)cs1. The first-order chi connectivity index (χ1) is 14.2. The minimum atomic E-state index is -0.300. The number of benzene rings is 2. The fourth-order valence-electron chi connectivity index (χ4n) is 3.53. The molecule has 0 unspecified atom stereocenters. The van der Waals surface area contributed by atoms with Gasteiger partial charge in [0.2, 0.25) is 0 Å². The van der Waals surface area contributed by atoms with Crippen molar-refractivity contribution in [1.29, 1.82) is 0 Å². The Morgan fingerprint density at radius 3 is 3.07 bits per heavy atom. The van der Waals surface area contributed by atoms with Crippen LogP contribution < -0.4 is 16.4 Å². The number of fused-ring (bicyclic) bond motifs is 2. The van der Waals surface area contributed by atoms with Gasteiger partial charge in [-0.3, -0.25) is 9.89 Å². The summed E-state index contributed by atoms with van der Waals surface area (Å²) < 4.78 is 0. The maximum Gasteiger partial charge on any atom is 0.275 e. The maximum absolute atomic E-state index is 12.6. The van der Waals surface area contributed by atoms with Gasteiger partial charge in [-0.2, -0.15) is 5.10 Å². The van der Waals surface area contributed by atoms with Gasteiger partial charge < -0.3 is 16.4 Å². The molecule has 1 aliphatic rings. The maximum atomic E-state index is 12.6. The second kappa shape index (κ2) is 7.06. The van der Waals surface area contributed by atoms with Crippen LogP contribution in [0.25, 0.3) is 28.1 Å². The molecular weight excluding hydrogens is 384 g/mol. The lowest BCUT2D eigenvalue weighted by Gasteiger charge is -2.14. The van der Waals surface area contributed by atoms with Crippen molar-refractivity contribution in [3.8, 4) is 11.1 Å². The first-order valence-corrected chi connectivity index (χ1v) is 10.1. The fraction of sp³-hybridized carbons (Fsp3) is 0.0952. The highest BCUT2D eigenvalue weighted by atomic mass is 32.1. The van der Waals surface area contributed by atoms with Gasteiger partial charge in [0.25, 0.3) is 5.91 Å². The summed E-state index contributed by atoms with van der Waals surface area (Å²) in [6.45, 7) is 0.907. The monoisotopic (exact) mass is 402 g/mol. The number of nitrogens with two attached hydrogens (primary N) is 1. The first kappa shape index (κ1) is 17.4. The molecule has 144 valence electrons. The highest BCUT2D eigenvalue weighted by Crippen LogP contribution is 2.36. The van der Waals surface area contributed by atoms with E-state index in [-0.39, 0.29) is 5.91 Å². The molecule has 2 aromatic carbocycles. The van der Waals surface area contributed by atoms with E-state index in [2.05, 4.69) is 50.1 Å². The standard InChI is InChI=1S/C21H18N6OS/c22-21-26-19(11-29-21)20(28)25-17-8-12(9-18-15(17)10-24-27-18)13-5-3-6-16-14(13)4-1-2-7-23-16/h1,3-6,8-11,23H,2,7H2,(H2,22,26)(H,24,27)(H,25,28). The van der Waals surface area contributed by atoms with Crippen molar-refractivity contribution in [2.24, 2.45) is 0 Å². The van der Waals surface area contributed by atoms with Crippen molar-refractivity contribution in [3.05, 3.63) is 59.2 Å². The predicted octanol–water partition coefficient (Wildman–Crippen LogP) is 4.35. The molecule has 8 heteroatoms. The molecule has 0 aliphatic carbocycles. The Labute approximate surface area is 170 Å². The van der Waals surface area contributed by atoms with Gasteiger partial charge in [-0.25, -0.2) is 4.98 Å². The zero-order valence-electron chi connectivity index (χ0n) is 15.4. The highest BCUT2D eigenvalue weighted by molar-refractivity contribution is 7.13. The van der Waals surface area contributed by atoms with Crippen LogP contribution in [-0.4, -0.2) is 27.6 Å². The summed E-state index contributed by atoms with van der Waals surface area (Å²) in [5, 5.41) is 16.4. The van der Waals surface area contributed by atoms with Crippen LogP contribution in [0.5, 0.6) is 0 Å². The lowest BCUT2D eigenvalue weighted by atomic mass is 9.96. The van der Waals surface area contributed by atoms with E-state index in [1.807, 2.05) is 18.2 Å². The molecular formula is C21H18N6OS. The van der Waals surface area contributed by atoms with Crippen LogP contribution >= 0.6 is 11.3 Å². The molecule has 0 atom stereocenters. The zero-order valence-corrected chi connectivity index (χ0v) is 16.2. The third-order valence-corrected chi connectivity index (χ3v) is 5.56. The van der Waals surface area contributed by atoms with E-state index in [0.717, 1.165) is 46.2 Å². The minimum Gasteiger partial charge on any atom is -0.384 e. The van der Waals surface area contributed by atoms with Crippen LogP contribution in [-0.2, 0) is 0 Å². The predicted molar refractivity (Wildman–Crippen MR) is 118 cm³/mol. The Morgan fingerprint density at radius 2 is 2.21 bits per heavy atom. The summed E-state index contributed by atoms with van der Waals surface area (Å²) >= 11 is 1.24. The van der Waals surface area contributed by atoms with Gasteiger partial charge in [0, 0.05) is 28.6 Å². The number of anilines is 3. The number of rotatable bonds is 3. The van der Waals surface area contributed by atoms with Crippen LogP contribution in [0, 0.1) is 0 Å². The van der Waals surface area contributed by atoms with Crippen LogP contribution in [0.4, 0.5) is 16.5 Å². The molecule has 5 rings (SSSR count). The Morgan fingerprint density at radius 1 is 1.28 bits per heavy atom. The number of thiazole rings is 1. The number of aromatic amines is 1. The minimum absolute atomic E-state index is 0.300. The molecule has 0 spiro atoms. The molecule has 0 bridgehead atoms. The van der Waals surface area contributed by atoms with Gasteiger partial charge in [0.05, 0.1) is 17.4 Å². The Kier molecular flexibility index (Phi) is 4.25. The summed E-state index contributed by atoms with van der Waals surface area (Å²) in [5.74, 6) is -0.300. The number of H-pyrrole nitrogens is 1. The Bertz CT molecular complexity index is 1260. The van der Waals surface area contributed by atoms with Crippen molar-refractivity contribution in [2.75, 3.05) is 22.9 Å². The number of carbonyl (C=O) groups is 1. The molecule has 0 radical (unpaired) electrons. The largest absolute Gasteiger partial charge is 0.384 e. The van der Waals surface area contributed by atoms with E-state index in [4.69, 9.17) is 5.73 Å². The third-order valence-electron chi connectivity index (χ3n) is 4.89. The van der Waals surface area contributed by atoms with Crippen molar-refractivity contribution < 1.29 is 4.79 Å². The summed E-state index contributed by atoms with van der Waals surface area (Å²) in [6, 6.07) is 10.2. The lowest BCUT2D eigenvalue weighted by Crippen LogP contribution is -2.12. The van der Waals surface area contributed by atoms with E-state index in [0.29, 0.717) is 16.5 Å². The number of aromatic nitrogens is 3. The van der Waals surface area contributed by atoms with E-state index in [1.54, 1.807) is 11.6 Å². The Balaban J connectivity index is 1.61. The molecule has 1 aliphatic heterocycles. The molecule has 5 N–H and O–H groups in total. The van der Waals surface area contributed by atoms with E-state index < -0.39 is 0 Å². The molecule has 4 aromatic rings. The molecule has 0 saturated carbocycles. The summed E-state index contributed by atoms with van der Waals surface area (Å²) in [4.78, 5) is 16.7. The molecule has 1 amide bonds. The summed E-state index contributed by atoms with van der Waals surface area (Å²) in [6.07, 6.45) is 7.01. The number of nitrogens with one attached hydrogen (secondary N) is 3. The second-order valence-electron chi connectivity index (χ2n) is 6.76. The number of nitrogen functional groups attached to an aromatic ring is 1. The second-order valence-corrected chi connectivity index (χ2v) is 7.65. The van der Waals surface area contributed by atoms with Crippen molar-refractivity contribution >= 4 is 50.7 Å². The fourth-order valence-corrected chi connectivity index (χ4v) is 4.07. The highest BCUT2D eigenvalue weighted by Gasteiger charge is 2.16. The summed E-state index contributed by atoms with van der Waals surface area (Å²) in [5.41, 5.74) is 11.8. The van der Waals surface area contributed by atoms with E-state index in [9.17, 15) is 4.79 Å². The Hall–Kier alpha value is -3.65. The normalized spacial score (nSPS) is 13.0. The zero-order chi connectivity index (χ0) is 19.8. The number of amides is 1. The quantitative estimate of drug-likeness (QED) is 0.407. The first-order valence-electron chi connectivity index (χ1n) is 9.22. The smallest absolute Gasteiger partial charge is 0.275 e. The van der Waals surface area contributed by atoms with E-state index >= 15 is 0 Å². The number of carbonyl (C=O) groups excluding carboxylic acids is 1. The van der Waals surface area contributed by atoms with Gasteiger partial charge in [-0.1, -0.05) is 24.3 Å². The van der Waals surface area contributed by atoms with Gasteiger partial charge in [0.15, 0.2) is 5.13 Å². The van der Waals surface area contributed by atoms with Crippen LogP contribution in [0.1, 0.15) is 22.5 Å². The van der Waals surface area contributed by atoms with Crippen molar-refractivity contribution in [1.82, 2.24) is 15.2 Å². The third kappa shape index (κ3) is 3.23. The molecule has 29 heavy (non-hydrogen) atoms. The van der Waals surface area contributed by atoms with Crippen LogP contribution in [0.2, 0.25) is 0 Å². The number of hydrogen-bond donors (Lipinski definition) is 4. The molecule has 3 heterocycles. The van der Waals surface area contributed by atoms with Gasteiger partial charge in [-0.05, 0) is 35.7 Å². The molecule has 2 aromatic heterocycles. The molecule has 0 fully saturated rings. The lowest BCUT2D eigenvalue weighted by molar-refractivity contribution is 0.102. The topological polar surface area (TPSA) is 109 Å². The van der Waals surface area contributed by atoms with Gasteiger partial charge in [0.1, 0.15) is 5.69 Å². The number of hydrogen-bond acceptors (Lipinski definition) is 6. The van der Waals surface area contributed by atoms with E-state index in [1.165, 1.54) is 11.3 Å². The van der Waals surface area contributed by atoms with Crippen molar-refractivity contribution in [2.45, 2.75) is 6.42 Å². The average molecular weight is 402 g/mol. The molecule has 7 nitrogen and oxygen atoms in total.